The molecule has 8 heteroatoms. The summed E-state index contributed by atoms with van der Waals surface area (Å²) >= 11 is 0. The molecule has 0 spiro atoms. The molecule has 0 saturated carbocycles. The van der Waals surface area contributed by atoms with E-state index in [0.29, 0.717) is 5.56 Å². The van der Waals surface area contributed by atoms with E-state index < -0.39 is 23.8 Å². The lowest BCUT2D eigenvalue weighted by Crippen LogP contribution is -2.57. The summed E-state index contributed by atoms with van der Waals surface area (Å²) < 4.78 is 10.1. The molecule has 1 fully saturated rings. The summed E-state index contributed by atoms with van der Waals surface area (Å²) in [6.07, 6.45) is 0.0621. The maximum atomic E-state index is 12.2. The van der Waals surface area contributed by atoms with Crippen molar-refractivity contribution < 1.29 is 29.0 Å². The molecule has 1 heterocycles. The number of imide groups is 2. The minimum atomic E-state index is -1.01. The third-order valence-corrected chi connectivity index (χ3v) is 3.81. The molecule has 0 bridgehead atoms. The van der Waals surface area contributed by atoms with Gasteiger partial charge in [0.25, 0.3) is 0 Å². The maximum absolute atomic E-state index is 12.2. The molecule has 4 amide bonds. The Morgan fingerprint density at radius 3 is 1.83 bits per heavy atom. The first kappa shape index (κ1) is 16.6. The van der Waals surface area contributed by atoms with E-state index >= 15 is 0 Å². The molecule has 1 aromatic rings. The zero-order valence-corrected chi connectivity index (χ0v) is 13.3. The zero-order valence-electron chi connectivity index (χ0n) is 13.3. The van der Waals surface area contributed by atoms with E-state index in [0.717, 1.165) is 9.80 Å². The summed E-state index contributed by atoms with van der Waals surface area (Å²) in [4.78, 5) is 38.0. The fraction of sp³-hybridized carbons (Fsp3) is 0.400. The second-order valence-electron chi connectivity index (χ2n) is 5.18. The zero-order chi connectivity index (χ0) is 17.3. The normalized spacial score (nSPS) is 16.1. The van der Waals surface area contributed by atoms with E-state index in [-0.39, 0.29) is 23.7 Å². The molecule has 8 nitrogen and oxygen atoms in total. The Hall–Kier alpha value is -2.77. The molecule has 124 valence electrons. The fourth-order valence-corrected chi connectivity index (χ4v) is 2.46. The Morgan fingerprint density at radius 1 is 1.00 bits per heavy atom. The van der Waals surface area contributed by atoms with Crippen molar-refractivity contribution in [3.05, 3.63) is 17.7 Å². The Bertz CT molecular complexity index is 623. The molecule has 1 aromatic carbocycles. The standard InChI is InChI=1S/C15H18N2O6/c1-16-13(19)9(14(20)17(2)15(16)21)5-8-6-10(22-3)12(18)11(7-8)23-4/h6-7,9,18H,5H2,1-4H3. The van der Waals surface area contributed by atoms with Gasteiger partial charge in [-0.2, -0.15) is 0 Å². The van der Waals surface area contributed by atoms with Crippen molar-refractivity contribution in [2.45, 2.75) is 6.42 Å². The monoisotopic (exact) mass is 322 g/mol. The van der Waals surface area contributed by atoms with Crippen molar-refractivity contribution in [3.8, 4) is 17.2 Å². The maximum Gasteiger partial charge on any atom is 0.332 e. The number of hydrogen-bond acceptors (Lipinski definition) is 6. The van der Waals surface area contributed by atoms with Gasteiger partial charge >= 0.3 is 6.03 Å². The largest absolute Gasteiger partial charge is 0.502 e. The predicted octanol–water partition coefficient (Wildman–Crippen LogP) is 0.618. The first-order chi connectivity index (χ1) is 10.8. The van der Waals surface area contributed by atoms with Crippen LogP contribution in [0.4, 0.5) is 4.79 Å². The van der Waals surface area contributed by atoms with Crippen LogP contribution >= 0.6 is 0 Å². The van der Waals surface area contributed by atoms with Crippen LogP contribution in [0.5, 0.6) is 17.2 Å². The quantitative estimate of drug-likeness (QED) is 0.816. The van der Waals surface area contributed by atoms with Gasteiger partial charge in [-0.05, 0) is 24.1 Å². The molecular formula is C15H18N2O6. The third-order valence-electron chi connectivity index (χ3n) is 3.81. The number of rotatable bonds is 4. The number of methoxy groups -OCH3 is 2. The fourth-order valence-electron chi connectivity index (χ4n) is 2.46. The van der Waals surface area contributed by atoms with Gasteiger partial charge in [0.1, 0.15) is 5.92 Å². The van der Waals surface area contributed by atoms with Gasteiger partial charge in [-0.1, -0.05) is 0 Å². The minimum absolute atomic E-state index is 0.0621. The molecule has 0 unspecified atom stereocenters. The highest BCUT2D eigenvalue weighted by atomic mass is 16.5. The first-order valence-corrected chi connectivity index (χ1v) is 6.84. The smallest absolute Gasteiger partial charge is 0.332 e. The van der Waals surface area contributed by atoms with Crippen LogP contribution in [0.2, 0.25) is 0 Å². The lowest BCUT2D eigenvalue weighted by molar-refractivity contribution is -0.147. The molecule has 0 atom stereocenters. The van der Waals surface area contributed by atoms with Crippen LogP contribution in [0, 0.1) is 5.92 Å². The number of phenolic OH excluding ortho intramolecular Hbond substituents is 1. The van der Waals surface area contributed by atoms with Crippen LogP contribution < -0.4 is 9.47 Å². The Kier molecular flexibility index (Phi) is 4.44. The number of phenols is 1. The SMILES string of the molecule is COc1cc(CC2C(=O)N(C)C(=O)N(C)C2=O)cc(OC)c1O. The number of aromatic hydroxyl groups is 1. The van der Waals surface area contributed by atoms with Crippen LogP contribution in [0.25, 0.3) is 0 Å². The van der Waals surface area contributed by atoms with Crippen molar-refractivity contribution in [1.82, 2.24) is 9.80 Å². The molecule has 1 aliphatic rings. The van der Waals surface area contributed by atoms with Gasteiger partial charge in [0.05, 0.1) is 14.2 Å². The lowest BCUT2D eigenvalue weighted by Gasteiger charge is -2.32. The third kappa shape index (κ3) is 2.79. The van der Waals surface area contributed by atoms with E-state index in [9.17, 15) is 19.5 Å². The van der Waals surface area contributed by atoms with Gasteiger partial charge in [0, 0.05) is 14.1 Å². The van der Waals surface area contributed by atoms with Gasteiger partial charge in [-0.25, -0.2) is 4.79 Å². The molecular weight excluding hydrogens is 304 g/mol. The molecule has 1 aliphatic heterocycles. The number of ether oxygens (including phenoxy) is 2. The van der Waals surface area contributed by atoms with Crippen molar-refractivity contribution in [2.75, 3.05) is 28.3 Å². The summed E-state index contributed by atoms with van der Waals surface area (Å²) in [5.41, 5.74) is 0.569. The second kappa shape index (κ2) is 6.15. The molecule has 23 heavy (non-hydrogen) atoms. The highest BCUT2D eigenvalue weighted by molar-refractivity contribution is 6.15. The van der Waals surface area contributed by atoms with Crippen molar-refractivity contribution in [2.24, 2.45) is 5.92 Å². The molecule has 2 rings (SSSR count). The van der Waals surface area contributed by atoms with Crippen molar-refractivity contribution in [1.29, 1.82) is 0 Å². The van der Waals surface area contributed by atoms with E-state index in [1.54, 1.807) is 0 Å². The number of amides is 4. The number of carbonyl (C=O) groups excluding carboxylic acids is 3. The number of carbonyl (C=O) groups is 3. The molecule has 1 saturated heterocycles. The average molecular weight is 322 g/mol. The molecule has 0 aromatic heterocycles. The molecule has 0 radical (unpaired) electrons. The summed E-state index contributed by atoms with van der Waals surface area (Å²) in [6.45, 7) is 0. The van der Waals surface area contributed by atoms with Gasteiger partial charge in [0.15, 0.2) is 11.5 Å². The van der Waals surface area contributed by atoms with Crippen molar-refractivity contribution in [3.63, 3.8) is 0 Å². The Morgan fingerprint density at radius 2 is 1.43 bits per heavy atom. The van der Waals surface area contributed by atoms with Gasteiger partial charge in [-0.3, -0.25) is 19.4 Å². The number of hydrogen-bond donors (Lipinski definition) is 1. The highest BCUT2D eigenvalue weighted by Crippen LogP contribution is 2.38. The highest BCUT2D eigenvalue weighted by Gasteiger charge is 2.42. The number of urea groups is 1. The van der Waals surface area contributed by atoms with Crippen LogP contribution in [0.15, 0.2) is 12.1 Å². The first-order valence-electron chi connectivity index (χ1n) is 6.84. The van der Waals surface area contributed by atoms with Crippen LogP contribution in [0.1, 0.15) is 5.56 Å². The number of barbiturate groups is 1. The lowest BCUT2D eigenvalue weighted by atomic mass is 9.94. The van der Waals surface area contributed by atoms with Gasteiger partial charge in [-0.15, -0.1) is 0 Å². The predicted molar refractivity (Wildman–Crippen MR) is 79.3 cm³/mol. The van der Waals surface area contributed by atoms with E-state index in [1.165, 1.54) is 40.4 Å². The molecule has 0 aliphatic carbocycles. The van der Waals surface area contributed by atoms with E-state index in [2.05, 4.69) is 0 Å². The van der Waals surface area contributed by atoms with Crippen LogP contribution in [0.3, 0.4) is 0 Å². The molecule has 1 N–H and O–H groups in total. The van der Waals surface area contributed by atoms with E-state index in [1.807, 2.05) is 0 Å². The second-order valence-corrected chi connectivity index (χ2v) is 5.18. The summed E-state index contributed by atoms with van der Waals surface area (Å²) in [5.74, 6) is -1.96. The Labute approximate surface area is 133 Å². The topological polar surface area (TPSA) is 96.4 Å². The summed E-state index contributed by atoms with van der Waals surface area (Å²) in [6, 6.07) is 2.39. The number of nitrogens with zero attached hydrogens (tertiary/aromatic N) is 2. The summed E-state index contributed by atoms with van der Waals surface area (Å²) in [7, 11) is 5.43. The average Bonchev–Trinajstić information content (AvgIpc) is 2.56. The van der Waals surface area contributed by atoms with Gasteiger partial charge < -0.3 is 14.6 Å². The minimum Gasteiger partial charge on any atom is -0.502 e. The van der Waals surface area contributed by atoms with Crippen molar-refractivity contribution >= 4 is 17.8 Å². The number of benzene rings is 1. The van der Waals surface area contributed by atoms with E-state index in [4.69, 9.17) is 9.47 Å². The van der Waals surface area contributed by atoms with Crippen LogP contribution in [-0.4, -0.2) is 61.1 Å². The Balaban J connectivity index is 2.36. The van der Waals surface area contributed by atoms with Crippen LogP contribution in [-0.2, 0) is 16.0 Å². The summed E-state index contributed by atoms with van der Waals surface area (Å²) in [5, 5.41) is 9.90. The van der Waals surface area contributed by atoms with Gasteiger partial charge in [0.2, 0.25) is 17.6 Å².